The van der Waals surface area contributed by atoms with E-state index >= 15 is 0 Å². The van der Waals surface area contributed by atoms with Gasteiger partial charge in [-0.25, -0.2) is 14.4 Å². The normalized spacial score (nSPS) is 9.43. The largest absolute Gasteiger partial charge is 0.478 e. The molecule has 0 saturated carbocycles. The fourth-order valence-corrected chi connectivity index (χ4v) is 1.51. The highest BCUT2D eigenvalue weighted by molar-refractivity contribution is 5.91. The van der Waals surface area contributed by atoms with Gasteiger partial charge in [0, 0.05) is 0 Å². The van der Waals surface area contributed by atoms with Crippen LogP contribution in [0.25, 0.3) is 0 Å². The number of hydrogen-bond donors (Lipinski definition) is 4. The van der Waals surface area contributed by atoms with E-state index in [2.05, 4.69) is 0 Å². The van der Waals surface area contributed by atoms with Crippen molar-refractivity contribution >= 4 is 17.9 Å². The molecule has 120 valence electrons. The van der Waals surface area contributed by atoms with Gasteiger partial charge >= 0.3 is 17.9 Å². The van der Waals surface area contributed by atoms with Gasteiger partial charge in [-0.2, -0.15) is 0 Å². The zero-order valence-electron chi connectivity index (χ0n) is 11.8. The summed E-state index contributed by atoms with van der Waals surface area (Å²) in [6, 6.07) is 11.1. The highest BCUT2D eigenvalue weighted by atomic mass is 16.4. The van der Waals surface area contributed by atoms with Crippen molar-refractivity contribution in [3.8, 4) is 0 Å². The zero-order valence-corrected chi connectivity index (χ0v) is 11.8. The van der Waals surface area contributed by atoms with E-state index in [1.54, 1.807) is 12.1 Å². The Kier molecular flexibility index (Phi) is 6.45. The number of aromatic carboxylic acids is 3. The van der Waals surface area contributed by atoms with E-state index in [1.807, 2.05) is 0 Å². The lowest BCUT2D eigenvalue weighted by Gasteiger charge is -1.95. The summed E-state index contributed by atoms with van der Waals surface area (Å²) in [5.74, 6) is -3.08. The second-order valence-electron chi connectivity index (χ2n) is 4.35. The maximum Gasteiger partial charge on any atom is 0.335 e. The SMILES string of the molecule is O=C(O)c1ccc(C(=O)O)cc1.O=C(O)c1ccc(CO)cc1. The Balaban J connectivity index is 0.000000231. The fraction of sp³-hybridized carbons (Fsp3) is 0.0625. The summed E-state index contributed by atoms with van der Waals surface area (Å²) < 4.78 is 0. The molecule has 0 aliphatic rings. The summed E-state index contributed by atoms with van der Waals surface area (Å²) in [4.78, 5) is 31.0. The zero-order chi connectivity index (χ0) is 17.4. The third-order valence-electron chi connectivity index (χ3n) is 2.76. The van der Waals surface area contributed by atoms with Gasteiger partial charge in [0.15, 0.2) is 0 Å². The molecule has 0 bridgehead atoms. The van der Waals surface area contributed by atoms with Crippen LogP contribution in [0.1, 0.15) is 36.6 Å². The molecule has 0 aliphatic heterocycles. The minimum atomic E-state index is -1.06. The van der Waals surface area contributed by atoms with Gasteiger partial charge in [-0.15, -0.1) is 0 Å². The molecule has 2 aromatic carbocycles. The monoisotopic (exact) mass is 318 g/mol. The lowest BCUT2D eigenvalue weighted by atomic mass is 10.1. The second-order valence-corrected chi connectivity index (χ2v) is 4.35. The summed E-state index contributed by atoms with van der Waals surface area (Å²) in [5, 5.41) is 34.0. The number of carboxylic acids is 3. The molecule has 7 heteroatoms. The van der Waals surface area contributed by atoms with E-state index in [0.717, 1.165) is 5.56 Å². The Hall–Kier alpha value is -3.19. The average Bonchev–Trinajstić information content (AvgIpc) is 2.55. The Morgan fingerprint density at radius 2 is 0.870 bits per heavy atom. The third-order valence-corrected chi connectivity index (χ3v) is 2.76. The van der Waals surface area contributed by atoms with Gasteiger partial charge in [-0.05, 0) is 42.0 Å². The van der Waals surface area contributed by atoms with E-state index in [9.17, 15) is 14.4 Å². The van der Waals surface area contributed by atoms with Crippen molar-refractivity contribution in [2.24, 2.45) is 0 Å². The fourth-order valence-electron chi connectivity index (χ4n) is 1.51. The van der Waals surface area contributed by atoms with E-state index in [0.29, 0.717) is 0 Å². The van der Waals surface area contributed by atoms with Crippen molar-refractivity contribution in [2.45, 2.75) is 6.61 Å². The molecule has 0 atom stereocenters. The molecule has 0 radical (unpaired) electrons. The topological polar surface area (TPSA) is 132 Å². The Bertz CT molecular complexity index is 654. The van der Waals surface area contributed by atoms with Gasteiger partial charge in [-0.3, -0.25) is 0 Å². The van der Waals surface area contributed by atoms with Crippen LogP contribution in [0.2, 0.25) is 0 Å². The molecule has 0 aromatic heterocycles. The van der Waals surface area contributed by atoms with E-state index in [1.165, 1.54) is 36.4 Å². The molecule has 2 aromatic rings. The predicted molar refractivity (Wildman–Crippen MR) is 79.7 cm³/mol. The van der Waals surface area contributed by atoms with Crippen LogP contribution in [-0.2, 0) is 6.61 Å². The summed E-state index contributed by atoms with van der Waals surface area (Å²) in [5.41, 5.74) is 1.12. The molecule has 0 saturated heterocycles. The number of carboxylic acid groups (broad SMARTS) is 3. The smallest absolute Gasteiger partial charge is 0.335 e. The number of rotatable bonds is 4. The van der Waals surface area contributed by atoms with Crippen LogP contribution in [0.3, 0.4) is 0 Å². The first-order valence-corrected chi connectivity index (χ1v) is 6.35. The molecule has 0 spiro atoms. The number of carbonyl (C=O) groups is 3. The van der Waals surface area contributed by atoms with Crippen LogP contribution in [0, 0.1) is 0 Å². The highest BCUT2D eigenvalue weighted by Gasteiger charge is 2.04. The first-order chi connectivity index (χ1) is 10.8. The first kappa shape index (κ1) is 17.9. The average molecular weight is 318 g/mol. The standard InChI is InChI=1S/C8H6O4.C8H8O3/c9-7(10)5-1-2-6(4-3-5)8(11)12;9-5-6-1-3-7(4-2-6)8(10)11/h1-4H,(H,9,10)(H,11,12);1-4,9H,5H2,(H,10,11). The molecule has 7 nitrogen and oxygen atoms in total. The van der Waals surface area contributed by atoms with Crippen molar-refractivity contribution < 1.29 is 34.8 Å². The number of hydrogen-bond acceptors (Lipinski definition) is 4. The van der Waals surface area contributed by atoms with Crippen LogP contribution in [0.4, 0.5) is 0 Å². The molecule has 0 unspecified atom stereocenters. The minimum absolute atomic E-state index is 0.0557. The molecule has 0 fully saturated rings. The van der Waals surface area contributed by atoms with Crippen molar-refractivity contribution in [1.29, 1.82) is 0 Å². The molecule has 0 aliphatic carbocycles. The van der Waals surface area contributed by atoms with Crippen LogP contribution >= 0.6 is 0 Å². The lowest BCUT2D eigenvalue weighted by molar-refractivity contribution is 0.0681. The molecular weight excluding hydrogens is 304 g/mol. The lowest BCUT2D eigenvalue weighted by Crippen LogP contribution is -1.99. The van der Waals surface area contributed by atoms with Gasteiger partial charge in [0.1, 0.15) is 0 Å². The minimum Gasteiger partial charge on any atom is -0.478 e. The maximum atomic E-state index is 10.3. The molecular formula is C16H14O7. The van der Waals surface area contributed by atoms with E-state index in [4.69, 9.17) is 20.4 Å². The van der Waals surface area contributed by atoms with Crippen LogP contribution < -0.4 is 0 Å². The highest BCUT2D eigenvalue weighted by Crippen LogP contribution is 2.04. The number of aliphatic hydroxyl groups is 1. The number of aliphatic hydroxyl groups excluding tert-OH is 1. The van der Waals surface area contributed by atoms with E-state index in [-0.39, 0.29) is 23.3 Å². The van der Waals surface area contributed by atoms with Crippen LogP contribution in [0.15, 0.2) is 48.5 Å². The Morgan fingerprint density at radius 3 is 1.09 bits per heavy atom. The quantitative estimate of drug-likeness (QED) is 0.677. The third kappa shape index (κ3) is 5.60. The Labute approximate surface area is 131 Å². The van der Waals surface area contributed by atoms with Crippen LogP contribution in [-0.4, -0.2) is 38.3 Å². The molecule has 0 amide bonds. The van der Waals surface area contributed by atoms with Gasteiger partial charge in [0.05, 0.1) is 23.3 Å². The van der Waals surface area contributed by atoms with Crippen molar-refractivity contribution in [2.75, 3.05) is 0 Å². The van der Waals surface area contributed by atoms with Gasteiger partial charge < -0.3 is 20.4 Å². The van der Waals surface area contributed by atoms with Crippen molar-refractivity contribution in [3.63, 3.8) is 0 Å². The molecule has 2 rings (SSSR count). The second kappa shape index (κ2) is 8.30. The molecule has 0 heterocycles. The summed E-state index contributed by atoms with van der Waals surface area (Å²) >= 11 is 0. The number of benzene rings is 2. The summed E-state index contributed by atoms with van der Waals surface area (Å²) in [6.45, 7) is -0.0557. The van der Waals surface area contributed by atoms with Crippen molar-refractivity contribution in [3.05, 3.63) is 70.8 Å². The van der Waals surface area contributed by atoms with Crippen molar-refractivity contribution in [1.82, 2.24) is 0 Å². The Morgan fingerprint density at radius 1 is 0.609 bits per heavy atom. The predicted octanol–water partition coefficient (Wildman–Crippen LogP) is 1.96. The van der Waals surface area contributed by atoms with E-state index < -0.39 is 17.9 Å². The van der Waals surface area contributed by atoms with Gasteiger partial charge in [0.2, 0.25) is 0 Å². The maximum absolute atomic E-state index is 10.3. The molecule has 23 heavy (non-hydrogen) atoms. The summed E-state index contributed by atoms with van der Waals surface area (Å²) in [6.07, 6.45) is 0. The van der Waals surface area contributed by atoms with Crippen LogP contribution in [0.5, 0.6) is 0 Å². The van der Waals surface area contributed by atoms with Gasteiger partial charge in [-0.1, -0.05) is 12.1 Å². The van der Waals surface area contributed by atoms with Gasteiger partial charge in [0.25, 0.3) is 0 Å². The first-order valence-electron chi connectivity index (χ1n) is 6.35. The summed E-state index contributed by atoms with van der Waals surface area (Å²) in [7, 11) is 0. The molecule has 4 N–H and O–H groups in total.